The van der Waals surface area contributed by atoms with Crippen LogP contribution in [-0.4, -0.2) is 34.5 Å². The normalized spacial score (nSPS) is 18.8. The van der Waals surface area contributed by atoms with Gasteiger partial charge in [0.25, 0.3) is 5.56 Å². The molecule has 88 valence electrons. The Kier molecular flexibility index (Phi) is 3.72. The van der Waals surface area contributed by atoms with E-state index in [-0.39, 0.29) is 5.56 Å². The molecule has 4 nitrogen and oxygen atoms in total. The van der Waals surface area contributed by atoms with Gasteiger partial charge in [0.15, 0.2) is 0 Å². The Morgan fingerprint density at radius 2 is 2.19 bits per heavy atom. The molecule has 0 amide bonds. The second-order valence-electron chi connectivity index (χ2n) is 4.70. The first-order chi connectivity index (χ1) is 7.74. The summed E-state index contributed by atoms with van der Waals surface area (Å²) in [6.45, 7) is 5.71. The van der Waals surface area contributed by atoms with Crippen LogP contribution in [0, 0.1) is 5.92 Å². The molecule has 0 atom stereocenters. The van der Waals surface area contributed by atoms with Gasteiger partial charge in [0.1, 0.15) is 0 Å². The second-order valence-corrected chi connectivity index (χ2v) is 4.70. The topological polar surface area (TPSA) is 49.0 Å². The molecule has 1 fully saturated rings. The van der Waals surface area contributed by atoms with E-state index in [2.05, 4.69) is 21.8 Å². The largest absolute Gasteiger partial charge is 0.323 e. The fourth-order valence-corrected chi connectivity index (χ4v) is 2.11. The number of aromatic amines is 1. The summed E-state index contributed by atoms with van der Waals surface area (Å²) in [7, 11) is 0. The third-order valence-electron chi connectivity index (χ3n) is 3.28. The molecule has 0 aliphatic carbocycles. The zero-order valence-electron chi connectivity index (χ0n) is 9.78. The molecule has 0 bridgehead atoms. The summed E-state index contributed by atoms with van der Waals surface area (Å²) in [5, 5.41) is 0. The molecule has 2 heterocycles. The van der Waals surface area contributed by atoms with Crippen LogP contribution in [0.3, 0.4) is 0 Å². The molecule has 1 aromatic heterocycles. The van der Waals surface area contributed by atoms with Crippen LogP contribution in [0.5, 0.6) is 0 Å². The summed E-state index contributed by atoms with van der Waals surface area (Å²) in [6, 6.07) is 0. The highest BCUT2D eigenvalue weighted by molar-refractivity contribution is 4.95. The van der Waals surface area contributed by atoms with Crippen molar-refractivity contribution in [2.45, 2.75) is 26.2 Å². The van der Waals surface area contributed by atoms with Gasteiger partial charge in [-0.2, -0.15) is 0 Å². The minimum atomic E-state index is -0.107. The molecular formula is C12H19N3O. The van der Waals surface area contributed by atoms with E-state index in [1.54, 1.807) is 6.20 Å². The molecule has 2 rings (SSSR count). The van der Waals surface area contributed by atoms with Crippen molar-refractivity contribution < 1.29 is 0 Å². The van der Waals surface area contributed by atoms with E-state index in [0.29, 0.717) is 0 Å². The molecule has 1 saturated heterocycles. The van der Waals surface area contributed by atoms with Gasteiger partial charge in [0, 0.05) is 24.9 Å². The molecular weight excluding hydrogens is 202 g/mol. The number of H-pyrrole nitrogens is 1. The number of hydrogen-bond donors (Lipinski definition) is 1. The van der Waals surface area contributed by atoms with Gasteiger partial charge < -0.3 is 9.88 Å². The SMILES string of the molecule is CC1CCN(CCc2cncc(=O)[nH]2)CC1. The number of aromatic nitrogens is 2. The van der Waals surface area contributed by atoms with Crippen LogP contribution in [-0.2, 0) is 6.42 Å². The maximum atomic E-state index is 11.1. The standard InChI is InChI=1S/C12H19N3O/c1-10-2-5-15(6-3-10)7-4-11-8-13-9-12(16)14-11/h8-10H,2-7H2,1H3,(H,14,16). The molecule has 0 radical (unpaired) electrons. The Morgan fingerprint density at radius 1 is 1.44 bits per heavy atom. The number of nitrogens with zero attached hydrogens (tertiary/aromatic N) is 2. The Hall–Kier alpha value is -1.16. The zero-order chi connectivity index (χ0) is 11.4. The van der Waals surface area contributed by atoms with Crippen LogP contribution in [0.2, 0.25) is 0 Å². The van der Waals surface area contributed by atoms with E-state index in [4.69, 9.17) is 0 Å². The summed E-state index contributed by atoms with van der Waals surface area (Å²) < 4.78 is 0. The van der Waals surface area contributed by atoms with E-state index >= 15 is 0 Å². The van der Waals surface area contributed by atoms with Crippen molar-refractivity contribution in [2.24, 2.45) is 5.92 Å². The van der Waals surface area contributed by atoms with E-state index < -0.39 is 0 Å². The van der Waals surface area contributed by atoms with Crippen LogP contribution >= 0.6 is 0 Å². The summed E-state index contributed by atoms with van der Waals surface area (Å²) in [5.41, 5.74) is 0.830. The molecule has 1 aliphatic rings. The van der Waals surface area contributed by atoms with Crippen LogP contribution in [0.25, 0.3) is 0 Å². The zero-order valence-corrected chi connectivity index (χ0v) is 9.78. The highest BCUT2D eigenvalue weighted by atomic mass is 16.1. The van der Waals surface area contributed by atoms with E-state index in [9.17, 15) is 4.79 Å². The summed E-state index contributed by atoms with van der Waals surface area (Å²) in [4.78, 5) is 20.2. The highest BCUT2D eigenvalue weighted by Crippen LogP contribution is 2.15. The number of likely N-dealkylation sites (tertiary alicyclic amines) is 1. The minimum Gasteiger partial charge on any atom is -0.323 e. The lowest BCUT2D eigenvalue weighted by Crippen LogP contribution is -2.34. The lowest BCUT2D eigenvalue weighted by atomic mass is 9.99. The fraction of sp³-hybridized carbons (Fsp3) is 0.667. The molecule has 0 unspecified atom stereocenters. The summed E-state index contributed by atoms with van der Waals surface area (Å²) in [5.74, 6) is 0.870. The van der Waals surface area contributed by atoms with Gasteiger partial charge in [0.05, 0.1) is 6.20 Å². The number of nitrogens with one attached hydrogen (secondary N) is 1. The predicted molar refractivity (Wildman–Crippen MR) is 63.4 cm³/mol. The first-order valence-electron chi connectivity index (χ1n) is 5.99. The van der Waals surface area contributed by atoms with Crippen molar-refractivity contribution in [1.29, 1.82) is 0 Å². The maximum Gasteiger partial charge on any atom is 0.266 e. The lowest BCUT2D eigenvalue weighted by Gasteiger charge is -2.29. The van der Waals surface area contributed by atoms with Crippen LogP contribution < -0.4 is 5.56 Å². The van der Waals surface area contributed by atoms with E-state index in [1.165, 1.54) is 32.1 Å². The van der Waals surface area contributed by atoms with Gasteiger partial charge in [-0.3, -0.25) is 9.78 Å². The molecule has 16 heavy (non-hydrogen) atoms. The molecule has 1 aliphatic heterocycles. The second kappa shape index (κ2) is 5.25. The molecule has 4 heteroatoms. The van der Waals surface area contributed by atoms with Gasteiger partial charge in [0.2, 0.25) is 0 Å². The Morgan fingerprint density at radius 3 is 2.88 bits per heavy atom. The summed E-state index contributed by atoms with van der Waals surface area (Å²) >= 11 is 0. The molecule has 0 spiro atoms. The Bertz CT molecular complexity index is 380. The van der Waals surface area contributed by atoms with Crippen molar-refractivity contribution in [3.8, 4) is 0 Å². The third-order valence-corrected chi connectivity index (χ3v) is 3.28. The van der Waals surface area contributed by atoms with Crippen LogP contribution in [0.4, 0.5) is 0 Å². The number of hydrogen-bond acceptors (Lipinski definition) is 3. The first kappa shape index (κ1) is 11.3. The van der Waals surface area contributed by atoms with Crippen molar-refractivity contribution >= 4 is 0 Å². The van der Waals surface area contributed by atoms with E-state index in [0.717, 1.165) is 24.6 Å². The van der Waals surface area contributed by atoms with Crippen molar-refractivity contribution in [1.82, 2.24) is 14.9 Å². The van der Waals surface area contributed by atoms with Crippen molar-refractivity contribution in [2.75, 3.05) is 19.6 Å². The molecule has 1 N–H and O–H groups in total. The van der Waals surface area contributed by atoms with Crippen molar-refractivity contribution in [3.05, 3.63) is 28.4 Å². The quantitative estimate of drug-likeness (QED) is 0.829. The van der Waals surface area contributed by atoms with Gasteiger partial charge in [-0.1, -0.05) is 6.92 Å². The van der Waals surface area contributed by atoms with Gasteiger partial charge in [-0.05, 0) is 31.8 Å². The van der Waals surface area contributed by atoms with Crippen molar-refractivity contribution in [3.63, 3.8) is 0 Å². The number of rotatable bonds is 3. The Balaban J connectivity index is 1.81. The third kappa shape index (κ3) is 3.17. The van der Waals surface area contributed by atoms with Gasteiger partial charge in [-0.25, -0.2) is 0 Å². The molecule has 0 saturated carbocycles. The fourth-order valence-electron chi connectivity index (χ4n) is 2.11. The number of piperidine rings is 1. The summed E-state index contributed by atoms with van der Waals surface area (Å²) in [6.07, 6.45) is 6.53. The average Bonchev–Trinajstić information content (AvgIpc) is 2.28. The predicted octanol–water partition coefficient (Wildman–Crippen LogP) is 1.04. The van der Waals surface area contributed by atoms with Crippen LogP contribution in [0.1, 0.15) is 25.5 Å². The highest BCUT2D eigenvalue weighted by Gasteiger charge is 2.15. The van der Waals surface area contributed by atoms with Gasteiger partial charge in [-0.15, -0.1) is 0 Å². The lowest BCUT2D eigenvalue weighted by molar-refractivity contribution is 0.194. The van der Waals surface area contributed by atoms with Crippen LogP contribution in [0.15, 0.2) is 17.2 Å². The first-order valence-corrected chi connectivity index (χ1v) is 5.99. The van der Waals surface area contributed by atoms with Gasteiger partial charge >= 0.3 is 0 Å². The molecule has 1 aromatic rings. The average molecular weight is 221 g/mol. The Labute approximate surface area is 95.7 Å². The monoisotopic (exact) mass is 221 g/mol. The maximum absolute atomic E-state index is 11.1. The smallest absolute Gasteiger partial charge is 0.266 e. The van der Waals surface area contributed by atoms with E-state index in [1.807, 2.05) is 0 Å². The molecule has 0 aromatic carbocycles. The minimum absolute atomic E-state index is 0.107.